The minimum atomic E-state index is -0.796. The van der Waals surface area contributed by atoms with Crippen molar-refractivity contribution in [3.63, 3.8) is 0 Å². The number of hydrogen-bond acceptors (Lipinski definition) is 3. The highest BCUT2D eigenvalue weighted by atomic mass is 32.2. The molecule has 0 heterocycles. The summed E-state index contributed by atoms with van der Waals surface area (Å²) in [4.78, 5) is 0. The summed E-state index contributed by atoms with van der Waals surface area (Å²) in [7, 11) is 0. The van der Waals surface area contributed by atoms with Gasteiger partial charge in [-0.25, -0.2) is 8.78 Å². The SMILES string of the molecule is NSC1CCC(O)(c2ccc3c(c2)CCC(c2ccc(F)c(F)c2)C3)CC1. The zero-order chi connectivity index (χ0) is 19.0. The topological polar surface area (TPSA) is 46.2 Å². The molecule has 0 amide bonds. The van der Waals surface area contributed by atoms with Crippen LogP contribution in [0.1, 0.15) is 60.3 Å². The molecule has 1 unspecified atom stereocenters. The lowest BCUT2D eigenvalue weighted by molar-refractivity contribution is 0.000742. The Kier molecular flexibility index (Phi) is 5.28. The normalized spacial score (nSPS) is 28.0. The van der Waals surface area contributed by atoms with E-state index in [1.807, 2.05) is 6.07 Å². The van der Waals surface area contributed by atoms with Gasteiger partial charge in [0.2, 0.25) is 0 Å². The molecular formula is C22H25F2NOS. The molecule has 4 rings (SSSR count). The molecule has 0 saturated heterocycles. The zero-order valence-electron chi connectivity index (χ0n) is 15.3. The summed E-state index contributed by atoms with van der Waals surface area (Å²) in [6.07, 6.45) is 6.00. The van der Waals surface area contributed by atoms with Crippen molar-refractivity contribution in [2.45, 2.75) is 61.7 Å². The highest BCUT2D eigenvalue weighted by Crippen LogP contribution is 2.41. The lowest BCUT2D eigenvalue weighted by Gasteiger charge is -2.36. The van der Waals surface area contributed by atoms with Gasteiger partial charge in [-0.1, -0.05) is 36.2 Å². The van der Waals surface area contributed by atoms with Gasteiger partial charge in [0.05, 0.1) is 5.60 Å². The van der Waals surface area contributed by atoms with E-state index in [2.05, 4.69) is 12.1 Å². The summed E-state index contributed by atoms with van der Waals surface area (Å²) in [5.74, 6) is -1.36. The fraction of sp³-hybridized carbons (Fsp3) is 0.455. The van der Waals surface area contributed by atoms with E-state index in [1.54, 1.807) is 6.07 Å². The predicted octanol–water partition coefficient (Wildman–Crippen LogP) is 4.97. The Morgan fingerprint density at radius 1 is 0.963 bits per heavy atom. The van der Waals surface area contributed by atoms with Crippen LogP contribution in [0.3, 0.4) is 0 Å². The first kappa shape index (κ1) is 18.9. The van der Waals surface area contributed by atoms with Gasteiger partial charge in [0.25, 0.3) is 0 Å². The molecule has 1 fully saturated rings. The van der Waals surface area contributed by atoms with E-state index in [-0.39, 0.29) is 5.92 Å². The Balaban J connectivity index is 1.52. The Morgan fingerprint density at radius 3 is 2.44 bits per heavy atom. The third-order valence-electron chi connectivity index (χ3n) is 6.34. The molecule has 3 N–H and O–H groups in total. The van der Waals surface area contributed by atoms with E-state index in [1.165, 1.54) is 35.2 Å². The van der Waals surface area contributed by atoms with E-state index < -0.39 is 17.2 Å². The summed E-state index contributed by atoms with van der Waals surface area (Å²) in [6.45, 7) is 0. The molecule has 2 nitrogen and oxygen atoms in total. The second-order valence-corrected chi connectivity index (χ2v) is 8.90. The summed E-state index contributed by atoms with van der Waals surface area (Å²) in [5, 5.41) is 17.3. The summed E-state index contributed by atoms with van der Waals surface area (Å²) in [6, 6.07) is 10.6. The van der Waals surface area contributed by atoms with Crippen molar-refractivity contribution in [2.24, 2.45) is 5.14 Å². The van der Waals surface area contributed by atoms with Gasteiger partial charge in [0, 0.05) is 5.25 Å². The number of hydrogen-bond donors (Lipinski definition) is 2. The van der Waals surface area contributed by atoms with E-state index in [0.29, 0.717) is 5.25 Å². The van der Waals surface area contributed by atoms with Crippen LogP contribution in [0.15, 0.2) is 36.4 Å². The van der Waals surface area contributed by atoms with Gasteiger partial charge < -0.3 is 5.11 Å². The average molecular weight is 390 g/mol. The van der Waals surface area contributed by atoms with E-state index in [4.69, 9.17) is 5.14 Å². The smallest absolute Gasteiger partial charge is 0.159 e. The van der Waals surface area contributed by atoms with Crippen LogP contribution in [0.5, 0.6) is 0 Å². The molecule has 1 saturated carbocycles. The van der Waals surface area contributed by atoms with Crippen LogP contribution >= 0.6 is 11.9 Å². The molecule has 0 aliphatic heterocycles. The quantitative estimate of drug-likeness (QED) is 0.728. The van der Waals surface area contributed by atoms with Gasteiger partial charge in [-0.3, -0.25) is 5.14 Å². The first-order chi connectivity index (χ1) is 13.0. The summed E-state index contributed by atoms with van der Waals surface area (Å²) >= 11 is 1.40. The molecule has 0 spiro atoms. The van der Waals surface area contributed by atoms with Crippen molar-refractivity contribution >= 4 is 11.9 Å². The molecule has 2 aliphatic rings. The van der Waals surface area contributed by atoms with Crippen LogP contribution in [0.2, 0.25) is 0 Å². The fourth-order valence-corrected chi connectivity index (χ4v) is 5.10. The molecule has 27 heavy (non-hydrogen) atoms. The maximum atomic E-state index is 13.6. The van der Waals surface area contributed by atoms with Gasteiger partial charge >= 0.3 is 0 Å². The number of nitrogens with two attached hydrogens (primary N) is 1. The highest BCUT2D eigenvalue weighted by molar-refractivity contribution is 7.97. The van der Waals surface area contributed by atoms with Crippen LogP contribution < -0.4 is 5.14 Å². The van der Waals surface area contributed by atoms with Gasteiger partial charge in [0.15, 0.2) is 11.6 Å². The Labute approximate surface area is 163 Å². The van der Waals surface area contributed by atoms with E-state index in [9.17, 15) is 13.9 Å². The molecule has 144 valence electrons. The highest BCUT2D eigenvalue weighted by Gasteiger charge is 2.35. The average Bonchev–Trinajstić information content (AvgIpc) is 2.70. The number of rotatable bonds is 3. The molecule has 2 aromatic carbocycles. The van der Waals surface area contributed by atoms with Crippen molar-refractivity contribution < 1.29 is 13.9 Å². The van der Waals surface area contributed by atoms with Crippen LogP contribution in [0.25, 0.3) is 0 Å². The maximum Gasteiger partial charge on any atom is 0.159 e. The van der Waals surface area contributed by atoms with Crippen LogP contribution in [0.4, 0.5) is 8.78 Å². The molecule has 5 heteroatoms. The van der Waals surface area contributed by atoms with Crippen molar-refractivity contribution in [1.82, 2.24) is 0 Å². The van der Waals surface area contributed by atoms with Crippen molar-refractivity contribution in [1.29, 1.82) is 0 Å². The number of halogens is 2. The second-order valence-electron chi connectivity index (χ2n) is 7.96. The first-order valence-corrected chi connectivity index (χ1v) is 10.6. The Hall–Kier alpha value is -1.43. The van der Waals surface area contributed by atoms with Crippen molar-refractivity contribution in [2.75, 3.05) is 0 Å². The Bertz CT molecular complexity index is 833. The number of aliphatic hydroxyl groups is 1. The lowest BCUT2D eigenvalue weighted by atomic mass is 9.75. The first-order valence-electron chi connectivity index (χ1n) is 9.63. The summed E-state index contributed by atoms with van der Waals surface area (Å²) < 4.78 is 26.8. The molecule has 0 aromatic heterocycles. The second kappa shape index (κ2) is 7.53. The molecule has 2 aromatic rings. The minimum Gasteiger partial charge on any atom is -0.385 e. The third-order valence-corrected chi connectivity index (χ3v) is 7.20. The van der Waals surface area contributed by atoms with E-state index in [0.717, 1.165) is 56.1 Å². The van der Waals surface area contributed by atoms with Crippen molar-refractivity contribution in [3.05, 3.63) is 70.3 Å². The lowest BCUT2D eigenvalue weighted by Crippen LogP contribution is -2.33. The number of aryl methyl sites for hydroxylation is 1. The molecule has 0 bridgehead atoms. The van der Waals surface area contributed by atoms with E-state index >= 15 is 0 Å². The van der Waals surface area contributed by atoms with Crippen LogP contribution in [0, 0.1) is 11.6 Å². The molecule has 2 aliphatic carbocycles. The van der Waals surface area contributed by atoms with Gasteiger partial charge in [-0.15, -0.1) is 0 Å². The molecule has 1 atom stereocenters. The zero-order valence-corrected chi connectivity index (χ0v) is 16.1. The minimum absolute atomic E-state index is 0.207. The molecule has 0 radical (unpaired) electrons. The molecular weight excluding hydrogens is 364 g/mol. The third kappa shape index (κ3) is 3.78. The fourth-order valence-electron chi connectivity index (χ4n) is 4.59. The number of fused-ring (bicyclic) bond motifs is 1. The van der Waals surface area contributed by atoms with Gasteiger partial charge in [0.1, 0.15) is 0 Å². The van der Waals surface area contributed by atoms with Gasteiger partial charge in [-0.05, 0) is 85.3 Å². The monoisotopic (exact) mass is 389 g/mol. The van der Waals surface area contributed by atoms with Crippen molar-refractivity contribution in [3.8, 4) is 0 Å². The van der Waals surface area contributed by atoms with Crippen LogP contribution in [-0.2, 0) is 18.4 Å². The maximum absolute atomic E-state index is 13.6. The predicted molar refractivity (Wildman–Crippen MR) is 105 cm³/mol. The van der Waals surface area contributed by atoms with Gasteiger partial charge in [-0.2, -0.15) is 0 Å². The largest absolute Gasteiger partial charge is 0.385 e. The summed E-state index contributed by atoms with van der Waals surface area (Å²) in [5.41, 5.74) is 3.63. The number of benzene rings is 2. The van der Waals surface area contributed by atoms with Crippen LogP contribution in [-0.4, -0.2) is 10.4 Å². The standard InChI is InChI=1S/C22H25F2NOS/c23-20-6-4-17(13-21(20)24)14-1-2-16-12-18(5-3-15(16)11-14)22(26)9-7-19(27-25)8-10-22/h3-6,12-14,19,26H,1-2,7-11,25H2. The Morgan fingerprint density at radius 2 is 1.74 bits per heavy atom.